The highest BCUT2D eigenvalue weighted by atomic mass is 35.5. The first-order valence-electron chi connectivity index (χ1n) is 5.16. The number of rotatable bonds is 2. The Morgan fingerprint density at radius 3 is 2.15 bits per heavy atom. The van der Waals surface area contributed by atoms with Crippen LogP contribution in [0.25, 0.3) is 5.69 Å². The van der Waals surface area contributed by atoms with Gasteiger partial charge in [-0.25, -0.2) is 4.68 Å². The van der Waals surface area contributed by atoms with Gasteiger partial charge in [0.15, 0.2) is 0 Å². The number of nitrogens with zero attached hydrogens (tertiary/aromatic N) is 1. The van der Waals surface area contributed by atoms with E-state index in [1.165, 1.54) is 7.11 Å². The molecule has 0 radical (unpaired) electrons. The number of H-pyrrole nitrogens is 1. The van der Waals surface area contributed by atoms with Gasteiger partial charge >= 0.3 is 6.18 Å². The average molecular weight is 327 g/mol. The Bertz CT molecular complexity index is 683. The molecule has 0 fully saturated rings. The van der Waals surface area contributed by atoms with Gasteiger partial charge in [-0.1, -0.05) is 23.2 Å². The zero-order valence-corrected chi connectivity index (χ0v) is 11.4. The summed E-state index contributed by atoms with van der Waals surface area (Å²) in [4.78, 5) is 11.7. The van der Waals surface area contributed by atoms with Crippen molar-refractivity contribution < 1.29 is 17.9 Å². The lowest BCUT2D eigenvalue weighted by molar-refractivity contribution is -0.137. The fourth-order valence-electron chi connectivity index (χ4n) is 1.59. The minimum absolute atomic E-state index is 0.0744. The molecule has 0 amide bonds. The number of nitrogens with one attached hydrogen (secondary N) is 1. The molecule has 0 spiro atoms. The molecule has 1 aromatic carbocycles. The van der Waals surface area contributed by atoms with Crippen molar-refractivity contribution in [1.29, 1.82) is 0 Å². The average Bonchev–Trinajstić information content (AvgIpc) is 2.69. The molecule has 4 nitrogen and oxygen atoms in total. The topological polar surface area (TPSA) is 47.0 Å². The predicted molar refractivity (Wildman–Crippen MR) is 68.0 cm³/mol. The molecule has 0 saturated carbocycles. The van der Waals surface area contributed by atoms with Gasteiger partial charge < -0.3 is 4.74 Å². The molecule has 9 heteroatoms. The molecule has 108 valence electrons. The molecule has 0 unspecified atom stereocenters. The van der Waals surface area contributed by atoms with E-state index >= 15 is 0 Å². The minimum Gasteiger partial charge on any atom is -0.481 e. The number of hydrogen-bond acceptors (Lipinski definition) is 2. The largest absolute Gasteiger partial charge is 0.481 e. The van der Waals surface area contributed by atoms with E-state index in [0.29, 0.717) is 12.1 Å². The second kappa shape index (κ2) is 5.06. The molecule has 0 saturated heterocycles. The van der Waals surface area contributed by atoms with Crippen LogP contribution in [0.2, 0.25) is 10.0 Å². The smallest absolute Gasteiger partial charge is 0.416 e. The summed E-state index contributed by atoms with van der Waals surface area (Å²) in [7, 11) is 1.32. The quantitative estimate of drug-likeness (QED) is 0.918. The lowest BCUT2D eigenvalue weighted by Crippen LogP contribution is -2.15. The van der Waals surface area contributed by atoms with Gasteiger partial charge in [0.05, 0.1) is 28.8 Å². The van der Waals surface area contributed by atoms with E-state index in [9.17, 15) is 18.0 Å². The Labute approximate surface area is 120 Å². The first kappa shape index (κ1) is 14.8. The highest BCUT2D eigenvalue weighted by Crippen LogP contribution is 2.37. The standard InChI is InChI=1S/C11H7Cl2F3N2O2/c1-20-8-4-9(19)18(17-8)10-6(12)2-5(3-7(10)13)11(14,15)16/h2-4,17H,1H3. The minimum atomic E-state index is -4.58. The van der Waals surface area contributed by atoms with E-state index in [4.69, 9.17) is 27.9 Å². The van der Waals surface area contributed by atoms with Crippen molar-refractivity contribution in [1.82, 2.24) is 9.78 Å². The van der Waals surface area contributed by atoms with Crippen LogP contribution in [0, 0.1) is 0 Å². The second-order valence-corrected chi connectivity index (χ2v) is 4.60. The molecule has 1 aromatic heterocycles. The van der Waals surface area contributed by atoms with Gasteiger partial charge in [0.1, 0.15) is 5.69 Å². The van der Waals surface area contributed by atoms with Gasteiger partial charge in [0, 0.05) is 0 Å². The van der Waals surface area contributed by atoms with Crippen LogP contribution in [-0.4, -0.2) is 16.9 Å². The van der Waals surface area contributed by atoms with Crippen LogP contribution in [0.1, 0.15) is 5.56 Å². The Hall–Kier alpha value is -1.60. The van der Waals surface area contributed by atoms with Crippen LogP contribution in [0.4, 0.5) is 13.2 Å². The van der Waals surface area contributed by atoms with Crippen molar-refractivity contribution in [2.75, 3.05) is 7.11 Å². The fourth-order valence-corrected chi connectivity index (χ4v) is 2.24. The van der Waals surface area contributed by atoms with Gasteiger partial charge in [-0.15, -0.1) is 0 Å². The zero-order valence-electron chi connectivity index (χ0n) is 9.89. The van der Waals surface area contributed by atoms with E-state index in [-0.39, 0.29) is 21.6 Å². The van der Waals surface area contributed by atoms with E-state index in [1.807, 2.05) is 0 Å². The monoisotopic (exact) mass is 326 g/mol. The number of ether oxygens (including phenoxy) is 1. The number of benzene rings is 1. The maximum atomic E-state index is 12.6. The molecule has 2 aromatic rings. The number of alkyl halides is 3. The summed E-state index contributed by atoms with van der Waals surface area (Å²) < 4.78 is 43.5. The molecule has 1 N–H and O–H groups in total. The molecular weight excluding hydrogens is 320 g/mol. The van der Waals surface area contributed by atoms with E-state index in [1.54, 1.807) is 0 Å². The van der Waals surface area contributed by atoms with Crippen molar-refractivity contribution in [2.24, 2.45) is 0 Å². The van der Waals surface area contributed by atoms with Gasteiger partial charge in [0.2, 0.25) is 5.88 Å². The van der Waals surface area contributed by atoms with Crippen LogP contribution >= 0.6 is 23.2 Å². The molecule has 0 aliphatic rings. The highest BCUT2D eigenvalue weighted by Gasteiger charge is 2.32. The summed E-state index contributed by atoms with van der Waals surface area (Å²) >= 11 is 11.6. The molecule has 1 heterocycles. The lowest BCUT2D eigenvalue weighted by Gasteiger charge is -2.12. The van der Waals surface area contributed by atoms with E-state index < -0.39 is 17.3 Å². The van der Waals surface area contributed by atoms with E-state index in [0.717, 1.165) is 10.7 Å². The summed E-state index contributed by atoms with van der Waals surface area (Å²) in [5.41, 5.74) is -1.64. The molecule has 2 rings (SSSR count). The van der Waals surface area contributed by atoms with Crippen LogP contribution in [0.3, 0.4) is 0 Å². The van der Waals surface area contributed by atoms with Crippen molar-refractivity contribution in [3.8, 4) is 11.6 Å². The van der Waals surface area contributed by atoms with Gasteiger partial charge in [-0.05, 0) is 12.1 Å². The number of methoxy groups -OCH3 is 1. The van der Waals surface area contributed by atoms with Crippen molar-refractivity contribution >= 4 is 23.2 Å². The summed E-state index contributed by atoms with van der Waals surface area (Å²) in [6, 6.07) is 2.51. The number of aromatic nitrogens is 2. The summed E-state index contributed by atoms with van der Waals surface area (Å²) in [5, 5.41) is 1.90. The first-order valence-corrected chi connectivity index (χ1v) is 5.92. The van der Waals surface area contributed by atoms with Gasteiger partial charge in [-0.3, -0.25) is 9.89 Å². The first-order chi connectivity index (χ1) is 9.24. The van der Waals surface area contributed by atoms with Crippen molar-refractivity contribution in [3.05, 3.63) is 44.2 Å². The normalized spacial score (nSPS) is 11.7. The van der Waals surface area contributed by atoms with Gasteiger partial charge in [-0.2, -0.15) is 13.2 Å². The molecule has 0 aliphatic carbocycles. The Balaban J connectivity index is 2.64. The Morgan fingerprint density at radius 1 is 1.20 bits per heavy atom. The molecular formula is C11H7Cl2F3N2O2. The van der Waals surface area contributed by atoms with Crippen LogP contribution < -0.4 is 10.3 Å². The third-order valence-corrected chi connectivity index (χ3v) is 3.06. The van der Waals surface area contributed by atoms with Crippen LogP contribution in [0.5, 0.6) is 5.88 Å². The SMILES string of the molecule is COc1cc(=O)n(-c2c(Cl)cc(C(F)(F)F)cc2Cl)[nH]1. The van der Waals surface area contributed by atoms with Gasteiger partial charge in [0.25, 0.3) is 5.56 Å². The summed E-state index contributed by atoms with van der Waals surface area (Å²) in [6.45, 7) is 0. The number of halogens is 5. The van der Waals surface area contributed by atoms with Crippen LogP contribution in [-0.2, 0) is 6.18 Å². The predicted octanol–water partition coefficient (Wildman–Crippen LogP) is 3.50. The number of hydrogen-bond donors (Lipinski definition) is 1. The molecule has 0 aliphatic heterocycles. The van der Waals surface area contributed by atoms with Crippen molar-refractivity contribution in [2.45, 2.75) is 6.18 Å². The zero-order chi connectivity index (χ0) is 15.1. The Morgan fingerprint density at radius 2 is 1.75 bits per heavy atom. The summed E-state index contributed by atoms with van der Waals surface area (Å²) in [5.74, 6) is 0.127. The summed E-state index contributed by atoms with van der Waals surface area (Å²) in [6.07, 6.45) is -4.58. The number of aromatic amines is 1. The second-order valence-electron chi connectivity index (χ2n) is 3.78. The molecule has 0 bridgehead atoms. The molecule has 20 heavy (non-hydrogen) atoms. The molecule has 0 atom stereocenters. The maximum absolute atomic E-state index is 12.6. The van der Waals surface area contributed by atoms with Crippen molar-refractivity contribution in [3.63, 3.8) is 0 Å². The van der Waals surface area contributed by atoms with E-state index in [2.05, 4.69) is 5.10 Å². The maximum Gasteiger partial charge on any atom is 0.416 e. The highest BCUT2D eigenvalue weighted by molar-refractivity contribution is 6.37. The Kier molecular flexibility index (Phi) is 3.75. The lowest BCUT2D eigenvalue weighted by atomic mass is 10.2. The van der Waals surface area contributed by atoms with Crippen LogP contribution in [0.15, 0.2) is 23.0 Å². The third-order valence-electron chi connectivity index (χ3n) is 2.48. The fraction of sp³-hybridized carbons (Fsp3) is 0.182. The third kappa shape index (κ3) is 2.64.